The maximum absolute atomic E-state index is 12.0. The lowest BCUT2D eigenvalue weighted by atomic mass is 10.0. The molecule has 0 saturated heterocycles. The van der Waals surface area contributed by atoms with E-state index < -0.39 is 0 Å². The molecule has 0 bridgehead atoms. The van der Waals surface area contributed by atoms with Crippen molar-refractivity contribution < 1.29 is 19.0 Å². The van der Waals surface area contributed by atoms with Crippen LogP contribution in [0.3, 0.4) is 0 Å². The van der Waals surface area contributed by atoms with Crippen molar-refractivity contribution in [3.8, 4) is 11.5 Å². The van der Waals surface area contributed by atoms with E-state index >= 15 is 0 Å². The number of fused-ring (bicyclic) bond motifs is 1. The number of ether oxygens (including phenoxy) is 3. The Balaban J connectivity index is 1.73. The zero-order valence-corrected chi connectivity index (χ0v) is 14.7. The third kappa shape index (κ3) is 4.44. The number of esters is 1. The fourth-order valence-corrected chi connectivity index (χ4v) is 3.00. The zero-order valence-electron chi connectivity index (χ0n) is 14.0. The molecule has 1 atom stereocenters. The first-order valence-electron chi connectivity index (χ1n) is 8.19. The summed E-state index contributed by atoms with van der Waals surface area (Å²) in [6.07, 6.45) is 0.210. The molecule has 0 unspecified atom stereocenters. The van der Waals surface area contributed by atoms with E-state index in [0.29, 0.717) is 18.2 Å². The Labute approximate surface area is 151 Å². The number of hydrogen-bond donors (Lipinski definition) is 1. The summed E-state index contributed by atoms with van der Waals surface area (Å²) in [4.78, 5) is 12.0. The zero-order chi connectivity index (χ0) is 17.6. The lowest BCUT2D eigenvalue weighted by molar-refractivity contribution is -0.143. The highest BCUT2D eigenvalue weighted by Gasteiger charge is 2.19. The topological polar surface area (TPSA) is 56.8 Å². The second-order valence-corrected chi connectivity index (χ2v) is 6.06. The third-order valence-corrected chi connectivity index (χ3v) is 4.29. The summed E-state index contributed by atoms with van der Waals surface area (Å²) < 4.78 is 15.8. The van der Waals surface area contributed by atoms with Gasteiger partial charge in [-0.15, -0.1) is 0 Å². The minimum atomic E-state index is -0.259. The number of halogens is 1. The van der Waals surface area contributed by atoms with Crippen LogP contribution in [0.15, 0.2) is 42.5 Å². The maximum atomic E-state index is 12.0. The lowest BCUT2D eigenvalue weighted by Gasteiger charge is -2.20. The molecule has 0 aliphatic carbocycles. The van der Waals surface area contributed by atoms with Gasteiger partial charge in [0, 0.05) is 17.6 Å². The predicted octanol–water partition coefficient (Wildman–Crippen LogP) is 3.85. The maximum Gasteiger partial charge on any atom is 0.307 e. The van der Waals surface area contributed by atoms with Gasteiger partial charge < -0.3 is 19.5 Å². The fraction of sp³-hybridized carbons (Fsp3) is 0.316. The molecule has 0 saturated carbocycles. The molecule has 132 valence electrons. The van der Waals surface area contributed by atoms with Gasteiger partial charge in [-0.25, -0.2) is 0 Å². The van der Waals surface area contributed by atoms with E-state index in [1.54, 1.807) is 6.92 Å². The molecule has 3 rings (SSSR count). The molecule has 6 heteroatoms. The molecule has 0 spiro atoms. The summed E-state index contributed by atoms with van der Waals surface area (Å²) in [5.74, 6) is 1.22. The Bertz CT molecular complexity index is 750. The first-order valence-corrected chi connectivity index (χ1v) is 8.57. The van der Waals surface area contributed by atoms with Gasteiger partial charge in [-0.1, -0.05) is 35.9 Å². The van der Waals surface area contributed by atoms with Crippen LogP contribution in [0.1, 0.15) is 30.5 Å². The van der Waals surface area contributed by atoms with Crippen LogP contribution in [0.5, 0.6) is 11.5 Å². The quantitative estimate of drug-likeness (QED) is 0.759. The summed E-state index contributed by atoms with van der Waals surface area (Å²) >= 11 is 6.31. The minimum absolute atomic E-state index is 0.210. The molecule has 1 N–H and O–H groups in total. The second kappa shape index (κ2) is 8.23. The smallest absolute Gasteiger partial charge is 0.307 e. The summed E-state index contributed by atoms with van der Waals surface area (Å²) in [5.41, 5.74) is 1.91. The molecule has 0 fully saturated rings. The molecule has 1 aliphatic heterocycles. The molecule has 1 aliphatic rings. The van der Waals surface area contributed by atoms with Crippen molar-refractivity contribution in [1.82, 2.24) is 5.32 Å². The van der Waals surface area contributed by atoms with E-state index in [1.807, 2.05) is 42.5 Å². The molecular weight excluding hydrogens is 342 g/mol. The molecule has 2 aromatic carbocycles. The molecule has 0 aromatic heterocycles. The Morgan fingerprint density at radius 2 is 2.04 bits per heavy atom. The highest BCUT2D eigenvalue weighted by Crippen LogP contribution is 2.33. The number of benzene rings is 2. The van der Waals surface area contributed by atoms with E-state index in [1.165, 1.54) is 0 Å². The highest BCUT2D eigenvalue weighted by atomic mass is 35.5. The van der Waals surface area contributed by atoms with Gasteiger partial charge in [0.1, 0.15) is 0 Å². The SMILES string of the molecule is CCOC(=O)C[C@H](NCc1ccc2c(c1)OCO2)c1ccccc1Cl. The number of carbonyl (C=O) groups is 1. The van der Waals surface area contributed by atoms with Gasteiger partial charge >= 0.3 is 5.97 Å². The van der Waals surface area contributed by atoms with Crippen molar-refractivity contribution in [3.63, 3.8) is 0 Å². The Morgan fingerprint density at radius 3 is 2.84 bits per heavy atom. The fourth-order valence-electron chi connectivity index (χ4n) is 2.73. The van der Waals surface area contributed by atoms with Gasteiger partial charge in [-0.05, 0) is 36.2 Å². The average Bonchev–Trinajstić information content (AvgIpc) is 3.07. The van der Waals surface area contributed by atoms with Gasteiger partial charge in [-0.2, -0.15) is 0 Å². The average molecular weight is 362 g/mol. The largest absolute Gasteiger partial charge is 0.466 e. The molecule has 0 radical (unpaired) electrons. The molecule has 25 heavy (non-hydrogen) atoms. The van der Waals surface area contributed by atoms with Crippen LogP contribution >= 0.6 is 11.6 Å². The van der Waals surface area contributed by atoms with Crippen LogP contribution in [0.2, 0.25) is 5.02 Å². The molecule has 2 aromatic rings. The number of nitrogens with one attached hydrogen (secondary N) is 1. The molecule has 5 nitrogen and oxygen atoms in total. The van der Waals surface area contributed by atoms with Gasteiger partial charge in [0.25, 0.3) is 0 Å². The normalized spacial score (nSPS) is 13.5. The van der Waals surface area contributed by atoms with Crippen molar-refractivity contribution in [3.05, 3.63) is 58.6 Å². The van der Waals surface area contributed by atoms with Crippen molar-refractivity contribution >= 4 is 17.6 Å². The molecular formula is C19H20ClNO4. The highest BCUT2D eigenvalue weighted by molar-refractivity contribution is 6.31. The van der Waals surface area contributed by atoms with Gasteiger partial charge in [-0.3, -0.25) is 4.79 Å². The first-order chi connectivity index (χ1) is 12.2. The third-order valence-electron chi connectivity index (χ3n) is 3.95. The van der Waals surface area contributed by atoms with Crippen LogP contribution in [0, 0.1) is 0 Å². The van der Waals surface area contributed by atoms with E-state index in [2.05, 4.69) is 5.32 Å². The standard InChI is InChI=1S/C19H20ClNO4/c1-2-23-19(22)10-16(14-5-3-4-6-15(14)20)21-11-13-7-8-17-18(9-13)25-12-24-17/h3-9,16,21H,2,10-12H2,1H3/t16-/m0/s1. The minimum Gasteiger partial charge on any atom is -0.466 e. The van der Waals surface area contributed by atoms with Gasteiger partial charge in [0.05, 0.1) is 13.0 Å². The summed E-state index contributed by atoms with van der Waals surface area (Å²) in [6, 6.07) is 13.0. The van der Waals surface area contributed by atoms with Crippen LogP contribution in [-0.4, -0.2) is 19.4 Å². The van der Waals surface area contributed by atoms with E-state index in [0.717, 1.165) is 22.6 Å². The van der Waals surface area contributed by atoms with Crippen molar-refractivity contribution in [2.24, 2.45) is 0 Å². The Hall–Kier alpha value is -2.24. The summed E-state index contributed by atoms with van der Waals surface area (Å²) in [6.45, 7) is 2.96. The van der Waals surface area contributed by atoms with Crippen molar-refractivity contribution in [1.29, 1.82) is 0 Å². The van der Waals surface area contributed by atoms with Crippen LogP contribution < -0.4 is 14.8 Å². The summed E-state index contributed by atoms with van der Waals surface area (Å²) in [7, 11) is 0. The van der Waals surface area contributed by atoms with Crippen molar-refractivity contribution in [2.75, 3.05) is 13.4 Å². The van der Waals surface area contributed by atoms with Crippen LogP contribution in [0.25, 0.3) is 0 Å². The first kappa shape index (κ1) is 17.6. The Kier molecular flexibility index (Phi) is 5.79. The summed E-state index contributed by atoms with van der Waals surface area (Å²) in [5, 5.41) is 4.01. The van der Waals surface area contributed by atoms with Crippen LogP contribution in [-0.2, 0) is 16.1 Å². The van der Waals surface area contributed by atoms with Gasteiger partial charge in [0.15, 0.2) is 11.5 Å². The van der Waals surface area contributed by atoms with Gasteiger partial charge in [0.2, 0.25) is 6.79 Å². The van der Waals surface area contributed by atoms with Crippen molar-refractivity contribution in [2.45, 2.75) is 25.9 Å². The number of carbonyl (C=O) groups excluding carboxylic acids is 1. The Morgan fingerprint density at radius 1 is 1.24 bits per heavy atom. The lowest BCUT2D eigenvalue weighted by Crippen LogP contribution is -2.24. The van der Waals surface area contributed by atoms with E-state index in [-0.39, 0.29) is 25.2 Å². The van der Waals surface area contributed by atoms with Crippen LogP contribution in [0.4, 0.5) is 0 Å². The van der Waals surface area contributed by atoms with E-state index in [9.17, 15) is 4.79 Å². The number of rotatable bonds is 7. The predicted molar refractivity (Wildman–Crippen MR) is 94.8 cm³/mol. The number of hydrogen-bond acceptors (Lipinski definition) is 5. The molecule has 0 amide bonds. The molecule has 1 heterocycles. The monoisotopic (exact) mass is 361 g/mol. The van der Waals surface area contributed by atoms with E-state index in [4.69, 9.17) is 25.8 Å². The second-order valence-electron chi connectivity index (χ2n) is 5.65.